The van der Waals surface area contributed by atoms with Crippen molar-refractivity contribution in [3.8, 4) is 5.75 Å². The number of aromatic nitrogens is 2. The van der Waals surface area contributed by atoms with E-state index in [1.165, 1.54) is 18.2 Å². The number of benzene rings is 1. The number of alkyl halides is 3. The molecule has 0 atom stereocenters. The van der Waals surface area contributed by atoms with Gasteiger partial charge in [0.05, 0.1) is 22.3 Å². The maximum Gasteiger partial charge on any atom is 0.422 e. The fourth-order valence-corrected chi connectivity index (χ4v) is 3.13. The molecule has 1 amide bonds. The summed E-state index contributed by atoms with van der Waals surface area (Å²) < 4.78 is 47.6. The quantitative estimate of drug-likeness (QED) is 0.603. The number of amides is 1. The lowest BCUT2D eigenvalue weighted by Gasteiger charge is -2.15. The third kappa shape index (κ3) is 4.29. The van der Waals surface area contributed by atoms with Crippen molar-refractivity contribution in [2.24, 2.45) is 0 Å². The number of fused-ring (bicyclic) bond motifs is 1. The van der Waals surface area contributed by atoms with Crippen LogP contribution in [0, 0.1) is 6.92 Å². The maximum absolute atomic E-state index is 13.0. The second kappa shape index (κ2) is 7.22. The molecule has 3 aromatic rings. The molecule has 1 saturated carbocycles. The Balaban J connectivity index is 1.68. The molecular formula is C19H15ClF3N3O3. The predicted molar refractivity (Wildman–Crippen MR) is 99.5 cm³/mol. The molecule has 2 heterocycles. The Hall–Kier alpha value is -2.81. The van der Waals surface area contributed by atoms with Gasteiger partial charge in [0, 0.05) is 16.6 Å². The monoisotopic (exact) mass is 425 g/mol. The van der Waals surface area contributed by atoms with Gasteiger partial charge in [-0.15, -0.1) is 0 Å². The van der Waals surface area contributed by atoms with Crippen LogP contribution in [-0.2, 0) is 0 Å². The normalized spacial score (nSPS) is 14.2. The smallest absolute Gasteiger partial charge is 0.422 e. The minimum atomic E-state index is -4.52. The number of nitrogens with one attached hydrogen (secondary N) is 1. The third-order valence-corrected chi connectivity index (χ3v) is 4.69. The first kappa shape index (κ1) is 19.5. The predicted octanol–water partition coefficient (Wildman–Crippen LogP) is 5.26. The van der Waals surface area contributed by atoms with Gasteiger partial charge >= 0.3 is 6.18 Å². The molecule has 4 rings (SSSR count). The first-order chi connectivity index (χ1) is 13.7. The van der Waals surface area contributed by atoms with E-state index < -0.39 is 18.7 Å². The van der Waals surface area contributed by atoms with Crippen LogP contribution in [0.2, 0.25) is 5.02 Å². The highest BCUT2D eigenvalue weighted by Crippen LogP contribution is 2.40. The van der Waals surface area contributed by atoms with Crippen LogP contribution in [0.3, 0.4) is 0 Å². The van der Waals surface area contributed by atoms with E-state index in [1.807, 2.05) is 0 Å². The third-order valence-electron chi connectivity index (χ3n) is 4.46. The summed E-state index contributed by atoms with van der Waals surface area (Å²) in [5.41, 5.74) is 1.76. The van der Waals surface area contributed by atoms with Gasteiger partial charge in [0.25, 0.3) is 11.6 Å². The van der Waals surface area contributed by atoms with E-state index in [1.54, 1.807) is 13.0 Å². The van der Waals surface area contributed by atoms with Crippen LogP contribution in [0.5, 0.6) is 5.75 Å². The summed E-state index contributed by atoms with van der Waals surface area (Å²) in [5, 5.41) is 7.14. The van der Waals surface area contributed by atoms with Gasteiger partial charge in [-0.05, 0) is 44.0 Å². The highest BCUT2D eigenvalue weighted by atomic mass is 35.5. The van der Waals surface area contributed by atoms with Crippen molar-refractivity contribution in [1.29, 1.82) is 0 Å². The van der Waals surface area contributed by atoms with Gasteiger partial charge < -0.3 is 14.6 Å². The molecule has 1 aliphatic rings. The van der Waals surface area contributed by atoms with Crippen molar-refractivity contribution in [2.45, 2.75) is 31.9 Å². The van der Waals surface area contributed by atoms with Gasteiger partial charge in [-0.1, -0.05) is 16.8 Å². The Bertz CT molecular complexity index is 1090. The van der Waals surface area contributed by atoms with Gasteiger partial charge in [0.2, 0.25) is 0 Å². The van der Waals surface area contributed by atoms with E-state index >= 15 is 0 Å². The van der Waals surface area contributed by atoms with E-state index in [-0.39, 0.29) is 33.7 Å². The minimum absolute atomic E-state index is 0.0267. The van der Waals surface area contributed by atoms with Crippen LogP contribution >= 0.6 is 11.6 Å². The van der Waals surface area contributed by atoms with Crippen molar-refractivity contribution >= 4 is 34.3 Å². The maximum atomic E-state index is 13.0. The number of hydrogen-bond acceptors (Lipinski definition) is 5. The summed E-state index contributed by atoms with van der Waals surface area (Å²) in [6, 6.07) is 5.64. The number of nitrogens with zero attached hydrogens (tertiary/aromatic N) is 2. The Kier molecular flexibility index (Phi) is 4.85. The molecule has 2 aromatic heterocycles. The lowest BCUT2D eigenvalue weighted by Crippen LogP contribution is -2.20. The number of carbonyl (C=O) groups is 1. The van der Waals surface area contributed by atoms with Gasteiger partial charge in [0.15, 0.2) is 6.61 Å². The molecule has 0 aliphatic heterocycles. The second-order valence-corrected chi connectivity index (χ2v) is 7.25. The first-order valence-corrected chi connectivity index (χ1v) is 9.16. The molecule has 1 N–H and O–H groups in total. The van der Waals surface area contributed by atoms with Crippen molar-refractivity contribution in [1.82, 2.24) is 10.1 Å². The van der Waals surface area contributed by atoms with Crippen LogP contribution < -0.4 is 10.1 Å². The van der Waals surface area contributed by atoms with E-state index in [2.05, 4.69) is 15.5 Å². The van der Waals surface area contributed by atoms with Crippen molar-refractivity contribution < 1.29 is 27.2 Å². The molecule has 1 aliphatic carbocycles. The van der Waals surface area contributed by atoms with E-state index in [9.17, 15) is 18.0 Å². The number of rotatable bonds is 5. The van der Waals surface area contributed by atoms with E-state index in [0.29, 0.717) is 11.1 Å². The van der Waals surface area contributed by atoms with Gasteiger partial charge in [-0.2, -0.15) is 13.2 Å². The van der Waals surface area contributed by atoms with Crippen LogP contribution in [0.25, 0.3) is 11.1 Å². The largest absolute Gasteiger partial charge is 0.482 e. The number of hydrogen-bond donors (Lipinski definition) is 1. The van der Waals surface area contributed by atoms with Crippen LogP contribution in [-0.4, -0.2) is 28.8 Å². The number of halogens is 4. The molecular weight excluding hydrogens is 411 g/mol. The summed E-state index contributed by atoms with van der Waals surface area (Å²) in [5.74, 6) is -0.437. The topological polar surface area (TPSA) is 77.2 Å². The molecule has 1 aromatic carbocycles. The number of carbonyl (C=O) groups excluding carboxylic acids is 1. The van der Waals surface area contributed by atoms with E-state index in [0.717, 1.165) is 18.5 Å². The summed E-state index contributed by atoms with van der Waals surface area (Å²) in [6.45, 7) is 0.186. The molecule has 29 heavy (non-hydrogen) atoms. The Morgan fingerprint density at radius 3 is 2.79 bits per heavy atom. The van der Waals surface area contributed by atoms with E-state index in [4.69, 9.17) is 20.9 Å². The fraction of sp³-hybridized carbons (Fsp3) is 0.316. The second-order valence-electron chi connectivity index (χ2n) is 6.82. The average Bonchev–Trinajstić information content (AvgIpc) is 3.43. The fourth-order valence-electron chi connectivity index (χ4n) is 2.96. The molecule has 10 heteroatoms. The Morgan fingerprint density at radius 2 is 2.10 bits per heavy atom. The standard InChI is InChI=1S/C19H15ClF3N3O3/c1-9-16-12(7-13(10-2-3-10)25-18(16)29-26-9)17(27)24-14-6-11(20)4-5-15(14)28-8-19(21,22)23/h4-7,10H,2-3,8H2,1H3,(H,24,27). The summed E-state index contributed by atoms with van der Waals surface area (Å²) in [4.78, 5) is 17.4. The zero-order valence-corrected chi connectivity index (χ0v) is 15.9. The zero-order chi connectivity index (χ0) is 20.8. The number of anilines is 1. The molecule has 0 saturated heterocycles. The number of ether oxygens (including phenoxy) is 1. The lowest BCUT2D eigenvalue weighted by molar-refractivity contribution is -0.153. The molecule has 6 nitrogen and oxygen atoms in total. The van der Waals surface area contributed by atoms with Gasteiger partial charge in [0.1, 0.15) is 5.75 Å². The first-order valence-electron chi connectivity index (χ1n) is 8.78. The summed E-state index contributed by atoms with van der Waals surface area (Å²) >= 11 is 5.95. The molecule has 1 fully saturated rings. The zero-order valence-electron chi connectivity index (χ0n) is 15.1. The SMILES string of the molecule is Cc1noc2nc(C3CC3)cc(C(=O)Nc3cc(Cl)ccc3OCC(F)(F)F)c12. The van der Waals surface area contributed by atoms with Gasteiger partial charge in [-0.25, -0.2) is 4.98 Å². The molecule has 0 radical (unpaired) electrons. The van der Waals surface area contributed by atoms with Crippen LogP contribution in [0.4, 0.5) is 18.9 Å². The average molecular weight is 426 g/mol. The van der Waals surface area contributed by atoms with Gasteiger partial charge in [-0.3, -0.25) is 4.79 Å². The van der Waals surface area contributed by atoms with Crippen LogP contribution in [0.15, 0.2) is 28.8 Å². The minimum Gasteiger partial charge on any atom is -0.482 e. The van der Waals surface area contributed by atoms with Crippen molar-refractivity contribution in [3.05, 3.63) is 46.2 Å². The summed E-state index contributed by atoms with van der Waals surface area (Å²) in [7, 11) is 0. The Labute approximate surface area is 168 Å². The number of pyridine rings is 1. The Morgan fingerprint density at radius 1 is 1.34 bits per heavy atom. The molecule has 0 unspecified atom stereocenters. The molecule has 0 spiro atoms. The summed E-state index contributed by atoms with van der Waals surface area (Å²) in [6.07, 6.45) is -2.58. The lowest BCUT2D eigenvalue weighted by atomic mass is 10.1. The van der Waals surface area contributed by atoms with Crippen molar-refractivity contribution in [3.63, 3.8) is 0 Å². The highest BCUT2D eigenvalue weighted by Gasteiger charge is 2.30. The molecule has 0 bridgehead atoms. The molecule has 152 valence electrons. The van der Waals surface area contributed by atoms with Crippen LogP contribution in [0.1, 0.15) is 40.5 Å². The number of aryl methyl sites for hydroxylation is 1. The van der Waals surface area contributed by atoms with Crippen molar-refractivity contribution in [2.75, 3.05) is 11.9 Å². The highest BCUT2D eigenvalue weighted by molar-refractivity contribution is 6.31.